The van der Waals surface area contributed by atoms with Crippen LogP contribution in [0.25, 0.3) is 6.08 Å². The molecule has 8 heteroatoms. The molecule has 0 aliphatic carbocycles. The van der Waals surface area contributed by atoms with E-state index in [9.17, 15) is 4.79 Å². The number of methoxy groups -OCH3 is 5. The molecule has 0 bridgehead atoms. The summed E-state index contributed by atoms with van der Waals surface area (Å²) in [6, 6.07) is 8.74. The normalized spacial score (nSPS) is 14.3. The molecular weight excluding hydrogens is 376 g/mol. The number of ether oxygens (including phenoxy) is 5. The Hall–Kier alpha value is -3.68. The molecule has 0 unspecified atom stereocenters. The van der Waals surface area contributed by atoms with Gasteiger partial charge in [-0.05, 0) is 24.3 Å². The molecule has 1 N–H and O–H groups in total. The van der Waals surface area contributed by atoms with Gasteiger partial charge in [-0.15, -0.1) is 0 Å². The summed E-state index contributed by atoms with van der Waals surface area (Å²) in [5.74, 6) is 2.60. The summed E-state index contributed by atoms with van der Waals surface area (Å²) in [7, 11) is 7.69. The maximum absolute atomic E-state index is 12.6. The van der Waals surface area contributed by atoms with Crippen molar-refractivity contribution in [1.82, 2.24) is 5.32 Å². The van der Waals surface area contributed by atoms with Gasteiger partial charge in [0.2, 0.25) is 0 Å². The second kappa shape index (κ2) is 8.55. The Morgan fingerprint density at radius 3 is 1.90 bits per heavy atom. The zero-order valence-electron chi connectivity index (χ0n) is 16.9. The fraction of sp³-hybridized carbons (Fsp3) is 0.238. The summed E-state index contributed by atoms with van der Waals surface area (Å²) in [5.41, 5.74) is 1.39. The Balaban J connectivity index is 2.09. The van der Waals surface area contributed by atoms with Gasteiger partial charge in [0.05, 0.1) is 35.5 Å². The zero-order valence-corrected chi connectivity index (χ0v) is 16.9. The van der Waals surface area contributed by atoms with Crippen molar-refractivity contribution in [2.24, 2.45) is 4.99 Å². The number of aliphatic imine (C=N–C) groups is 1. The van der Waals surface area contributed by atoms with Crippen LogP contribution in [0.3, 0.4) is 0 Å². The maximum atomic E-state index is 12.6. The summed E-state index contributed by atoms with van der Waals surface area (Å²) in [4.78, 5) is 17.0. The molecule has 0 saturated heterocycles. The largest absolute Gasteiger partial charge is 0.496 e. The van der Waals surface area contributed by atoms with E-state index in [1.54, 1.807) is 50.6 Å². The van der Waals surface area contributed by atoms with Crippen molar-refractivity contribution in [3.05, 3.63) is 47.2 Å². The minimum absolute atomic E-state index is 0.207. The topological polar surface area (TPSA) is 87.6 Å². The first-order valence-corrected chi connectivity index (χ1v) is 8.69. The first-order chi connectivity index (χ1) is 14.1. The minimum Gasteiger partial charge on any atom is -0.496 e. The Morgan fingerprint density at radius 1 is 0.793 bits per heavy atom. The van der Waals surface area contributed by atoms with E-state index in [0.29, 0.717) is 45.7 Å². The average Bonchev–Trinajstić information content (AvgIpc) is 3.12. The van der Waals surface area contributed by atoms with E-state index in [2.05, 4.69) is 10.3 Å². The summed E-state index contributed by atoms with van der Waals surface area (Å²) in [5, 5.41) is 2.76. The summed E-state index contributed by atoms with van der Waals surface area (Å²) < 4.78 is 26.8. The van der Waals surface area contributed by atoms with Gasteiger partial charge < -0.3 is 29.0 Å². The van der Waals surface area contributed by atoms with Gasteiger partial charge in [-0.25, -0.2) is 4.99 Å². The predicted molar refractivity (Wildman–Crippen MR) is 108 cm³/mol. The summed E-state index contributed by atoms with van der Waals surface area (Å²) in [6.07, 6.45) is 1.62. The van der Waals surface area contributed by atoms with Gasteiger partial charge in [-0.3, -0.25) is 4.79 Å². The molecule has 0 saturated carbocycles. The van der Waals surface area contributed by atoms with E-state index >= 15 is 0 Å². The van der Waals surface area contributed by atoms with Crippen LogP contribution in [0.2, 0.25) is 0 Å². The highest BCUT2D eigenvalue weighted by molar-refractivity contribution is 6.21. The quantitative estimate of drug-likeness (QED) is 0.722. The molecule has 0 aromatic heterocycles. The summed E-state index contributed by atoms with van der Waals surface area (Å²) in [6.45, 7) is 0. The molecule has 1 heterocycles. The van der Waals surface area contributed by atoms with Crippen molar-refractivity contribution >= 4 is 17.8 Å². The molecule has 0 spiro atoms. The molecule has 0 radical (unpaired) electrons. The van der Waals surface area contributed by atoms with Crippen LogP contribution in [0.1, 0.15) is 11.1 Å². The summed E-state index contributed by atoms with van der Waals surface area (Å²) >= 11 is 0. The van der Waals surface area contributed by atoms with E-state index < -0.39 is 0 Å². The molecule has 152 valence electrons. The number of hydrogen-bond acceptors (Lipinski definition) is 7. The molecule has 29 heavy (non-hydrogen) atoms. The standard InChI is InChI=1S/C21H22N2O6/c1-25-14-7-6-8-15(26-2)19(14)20-22-13(21(24)23-20)9-12-10-17(28-4)18(29-5)11-16(12)27-3/h6-11H,1-5H3,(H,22,23,24)/b13-9-. The Kier molecular flexibility index (Phi) is 5.92. The lowest BCUT2D eigenvalue weighted by Gasteiger charge is -2.12. The molecule has 2 aromatic carbocycles. The highest BCUT2D eigenvalue weighted by Gasteiger charge is 2.26. The van der Waals surface area contributed by atoms with E-state index in [1.165, 1.54) is 21.3 Å². The van der Waals surface area contributed by atoms with Crippen molar-refractivity contribution in [3.63, 3.8) is 0 Å². The molecule has 8 nitrogen and oxygen atoms in total. The number of carbonyl (C=O) groups is 1. The van der Waals surface area contributed by atoms with Gasteiger partial charge in [0.15, 0.2) is 11.5 Å². The van der Waals surface area contributed by atoms with E-state index in [-0.39, 0.29) is 11.6 Å². The van der Waals surface area contributed by atoms with Crippen molar-refractivity contribution in [2.75, 3.05) is 35.5 Å². The van der Waals surface area contributed by atoms with Gasteiger partial charge >= 0.3 is 0 Å². The van der Waals surface area contributed by atoms with E-state index in [4.69, 9.17) is 23.7 Å². The molecule has 1 aliphatic heterocycles. The van der Waals surface area contributed by atoms with Crippen LogP contribution < -0.4 is 29.0 Å². The highest BCUT2D eigenvalue weighted by atomic mass is 16.5. The lowest BCUT2D eigenvalue weighted by molar-refractivity contribution is -0.115. The third-order valence-corrected chi connectivity index (χ3v) is 4.39. The van der Waals surface area contributed by atoms with Crippen molar-refractivity contribution in [1.29, 1.82) is 0 Å². The van der Waals surface area contributed by atoms with Crippen LogP contribution in [0.15, 0.2) is 41.0 Å². The lowest BCUT2D eigenvalue weighted by atomic mass is 10.1. The minimum atomic E-state index is -0.357. The first kappa shape index (κ1) is 20.1. The van der Waals surface area contributed by atoms with Crippen molar-refractivity contribution < 1.29 is 28.5 Å². The van der Waals surface area contributed by atoms with Gasteiger partial charge in [-0.1, -0.05) is 6.07 Å². The zero-order chi connectivity index (χ0) is 21.0. The third kappa shape index (κ3) is 3.82. The molecule has 1 aliphatic rings. The Morgan fingerprint density at radius 2 is 1.34 bits per heavy atom. The van der Waals surface area contributed by atoms with Crippen LogP contribution in [0.4, 0.5) is 0 Å². The molecule has 3 rings (SSSR count). The fourth-order valence-electron chi connectivity index (χ4n) is 2.98. The lowest BCUT2D eigenvalue weighted by Crippen LogP contribution is -2.25. The monoisotopic (exact) mass is 398 g/mol. The number of benzene rings is 2. The van der Waals surface area contributed by atoms with Gasteiger partial charge in [0.25, 0.3) is 5.91 Å². The van der Waals surface area contributed by atoms with Crippen LogP contribution in [0.5, 0.6) is 28.7 Å². The molecule has 2 aromatic rings. The number of rotatable bonds is 7. The van der Waals surface area contributed by atoms with Crippen molar-refractivity contribution in [3.8, 4) is 28.7 Å². The third-order valence-electron chi connectivity index (χ3n) is 4.39. The van der Waals surface area contributed by atoms with E-state index in [1.807, 2.05) is 0 Å². The van der Waals surface area contributed by atoms with Crippen LogP contribution in [-0.4, -0.2) is 47.3 Å². The molecule has 0 fully saturated rings. The number of nitrogens with zero attached hydrogens (tertiary/aromatic N) is 1. The average molecular weight is 398 g/mol. The Bertz CT molecular complexity index is 975. The van der Waals surface area contributed by atoms with Crippen molar-refractivity contribution in [2.45, 2.75) is 0 Å². The number of hydrogen-bond donors (Lipinski definition) is 1. The van der Waals surface area contributed by atoms with Gasteiger partial charge in [0.1, 0.15) is 34.3 Å². The maximum Gasteiger partial charge on any atom is 0.275 e. The number of nitrogens with one attached hydrogen (secondary N) is 1. The predicted octanol–water partition coefficient (Wildman–Crippen LogP) is 2.65. The van der Waals surface area contributed by atoms with Crippen LogP contribution in [0, 0.1) is 0 Å². The fourth-order valence-corrected chi connectivity index (χ4v) is 2.98. The van der Waals surface area contributed by atoms with Crippen LogP contribution >= 0.6 is 0 Å². The molecule has 0 atom stereocenters. The SMILES string of the molecule is COc1cc(OC)c(OC)cc1/C=C1\N=C(c2c(OC)cccc2OC)NC1=O. The van der Waals surface area contributed by atoms with Crippen LogP contribution in [-0.2, 0) is 4.79 Å². The smallest absolute Gasteiger partial charge is 0.275 e. The van der Waals surface area contributed by atoms with Gasteiger partial charge in [-0.2, -0.15) is 0 Å². The Labute approximate surface area is 168 Å². The second-order valence-electron chi connectivity index (χ2n) is 5.93. The second-order valence-corrected chi connectivity index (χ2v) is 5.93. The first-order valence-electron chi connectivity index (χ1n) is 8.69. The highest BCUT2D eigenvalue weighted by Crippen LogP contribution is 2.36. The van der Waals surface area contributed by atoms with Gasteiger partial charge in [0, 0.05) is 11.6 Å². The van der Waals surface area contributed by atoms with E-state index in [0.717, 1.165) is 0 Å². The molecular formula is C21H22N2O6. The number of carbonyl (C=O) groups excluding carboxylic acids is 1. The molecule has 1 amide bonds. The number of amides is 1. The number of amidine groups is 1.